The molecule has 0 aliphatic carbocycles. The molecular formula is C17H25NO7S. The number of carbonyl (C=O) groups is 2. The van der Waals surface area contributed by atoms with Crippen molar-refractivity contribution < 1.29 is 32.0 Å². The molecule has 146 valence electrons. The van der Waals surface area contributed by atoms with Gasteiger partial charge in [-0.05, 0) is 25.7 Å². The van der Waals surface area contributed by atoms with Gasteiger partial charge in [-0.15, -0.1) is 0 Å². The predicted octanol–water partition coefficient (Wildman–Crippen LogP) is 0.958. The molecule has 0 aromatic rings. The summed E-state index contributed by atoms with van der Waals surface area (Å²) in [4.78, 5) is 26.4. The molecule has 1 spiro atoms. The van der Waals surface area contributed by atoms with Gasteiger partial charge in [0.1, 0.15) is 0 Å². The number of hydrogen-bond donors (Lipinski definition) is 1. The summed E-state index contributed by atoms with van der Waals surface area (Å²) in [6.07, 6.45) is 2.86. The van der Waals surface area contributed by atoms with E-state index in [4.69, 9.17) is 9.47 Å². The molecule has 0 aromatic carbocycles. The number of amides is 1. The minimum absolute atomic E-state index is 0.0315. The van der Waals surface area contributed by atoms with Crippen LogP contribution in [0.15, 0.2) is 0 Å². The number of nitrogens with zero attached hydrogens (tertiary/aromatic N) is 1. The normalized spacial score (nSPS) is 45.6. The summed E-state index contributed by atoms with van der Waals surface area (Å²) in [7, 11) is -4.56. The second-order valence-corrected chi connectivity index (χ2v) is 9.49. The first-order chi connectivity index (χ1) is 12.2. The molecule has 0 aromatic heterocycles. The van der Waals surface area contributed by atoms with Crippen LogP contribution in [0.2, 0.25) is 0 Å². The molecule has 0 unspecified atom stereocenters. The van der Waals surface area contributed by atoms with Crippen molar-refractivity contribution in [2.45, 2.75) is 69.1 Å². The number of ether oxygens (including phenoxy) is 2. The zero-order chi connectivity index (χ0) is 18.9. The third-order valence-corrected chi connectivity index (χ3v) is 8.07. The summed E-state index contributed by atoms with van der Waals surface area (Å²) in [6, 6.07) is -0.0315. The van der Waals surface area contributed by atoms with E-state index in [0.717, 1.165) is 6.42 Å². The third-order valence-electron chi connectivity index (χ3n) is 6.70. The second-order valence-electron chi connectivity index (χ2n) is 7.95. The van der Waals surface area contributed by atoms with Crippen molar-refractivity contribution in [1.82, 2.24) is 4.90 Å². The lowest BCUT2D eigenvalue weighted by Crippen LogP contribution is -2.52. The minimum atomic E-state index is -4.56. The maximum absolute atomic E-state index is 12.3. The fourth-order valence-corrected chi connectivity index (χ4v) is 7.11. The Hall–Kier alpha value is -1.19. The van der Waals surface area contributed by atoms with Gasteiger partial charge in [0, 0.05) is 30.8 Å². The Kier molecular flexibility index (Phi) is 4.13. The molecule has 7 atom stereocenters. The van der Waals surface area contributed by atoms with Gasteiger partial charge in [0.15, 0.2) is 5.25 Å². The van der Waals surface area contributed by atoms with Gasteiger partial charge >= 0.3 is 5.97 Å². The van der Waals surface area contributed by atoms with Crippen molar-refractivity contribution in [3.05, 3.63) is 0 Å². The molecule has 9 heteroatoms. The molecular weight excluding hydrogens is 362 g/mol. The summed E-state index contributed by atoms with van der Waals surface area (Å²) in [5.41, 5.74) is 0. The van der Waals surface area contributed by atoms with Crippen LogP contribution in [0, 0.1) is 17.8 Å². The van der Waals surface area contributed by atoms with Crippen LogP contribution >= 0.6 is 0 Å². The fraction of sp³-hybridized carbons (Fsp3) is 0.882. The Bertz CT molecular complexity index is 737. The van der Waals surface area contributed by atoms with E-state index in [-0.39, 0.29) is 29.9 Å². The van der Waals surface area contributed by atoms with Gasteiger partial charge in [-0.2, -0.15) is 8.42 Å². The van der Waals surface area contributed by atoms with Crippen molar-refractivity contribution in [3.63, 3.8) is 0 Å². The SMILES string of the molecule is CC[C@H]1[C@@H]2[C@@H](CCCN3C(=O)CC[C@@H]23)O[C@]12OC(=O)[C@@H](C)[C@H]2S(=O)(=O)O. The van der Waals surface area contributed by atoms with Crippen LogP contribution in [0.5, 0.6) is 0 Å². The highest BCUT2D eigenvalue weighted by Gasteiger charge is 2.71. The van der Waals surface area contributed by atoms with Crippen molar-refractivity contribution in [2.75, 3.05) is 6.54 Å². The van der Waals surface area contributed by atoms with Gasteiger partial charge in [-0.25, -0.2) is 0 Å². The number of esters is 1. The Labute approximate surface area is 152 Å². The van der Waals surface area contributed by atoms with E-state index < -0.39 is 33.0 Å². The first kappa shape index (κ1) is 18.2. The fourth-order valence-electron chi connectivity index (χ4n) is 5.79. The molecule has 4 rings (SSSR count). The molecule has 0 radical (unpaired) electrons. The molecule has 4 aliphatic rings. The average Bonchev–Trinajstić information content (AvgIpc) is 3.08. The van der Waals surface area contributed by atoms with Crippen LogP contribution < -0.4 is 0 Å². The highest BCUT2D eigenvalue weighted by Crippen LogP contribution is 2.56. The van der Waals surface area contributed by atoms with Gasteiger partial charge < -0.3 is 14.4 Å². The monoisotopic (exact) mass is 387 g/mol. The van der Waals surface area contributed by atoms with Crippen LogP contribution in [0.4, 0.5) is 0 Å². The molecule has 0 saturated carbocycles. The molecule has 0 bridgehead atoms. The Morgan fingerprint density at radius 3 is 2.69 bits per heavy atom. The maximum Gasteiger partial charge on any atom is 0.312 e. The second kappa shape index (κ2) is 5.90. The van der Waals surface area contributed by atoms with Crippen LogP contribution in [0.1, 0.15) is 46.0 Å². The summed E-state index contributed by atoms with van der Waals surface area (Å²) in [6.45, 7) is 4.04. The Morgan fingerprint density at radius 2 is 2.04 bits per heavy atom. The van der Waals surface area contributed by atoms with Gasteiger partial charge in [-0.3, -0.25) is 14.1 Å². The molecule has 1 N–H and O–H groups in total. The van der Waals surface area contributed by atoms with E-state index in [2.05, 4.69) is 0 Å². The van der Waals surface area contributed by atoms with Crippen molar-refractivity contribution in [2.24, 2.45) is 17.8 Å². The van der Waals surface area contributed by atoms with Gasteiger partial charge in [0.25, 0.3) is 10.1 Å². The third kappa shape index (κ3) is 2.36. The standard InChI is InChI=1S/C17H25NO7S/c1-3-10-14-11-6-7-13(19)18(11)8-4-5-12(14)24-17(10)15(26(21,22)23)9(2)16(20)25-17/h9-12,14-15H,3-8H2,1-2H3,(H,21,22,23)/t9-,10-,11-,12+,14-,15+,17-/m0/s1. The highest BCUT2D eigenvalue weighted by atomic mass is 32.2. The summed E-state index contributed by atoms with van der Waals surface area (Å²) in [5.74, 6) is -3.69. The van der Waals surface area contributed by atoms with Crippen LogP contribution in [-0.2, 0) is 29.2 Å². The lowest BCUT2D eigenvalue weighted by Gasteiger charge is -2.36. The predicted molar refractivity (Wildman–Crippen MR) is 89.4 cm³/mol. The molecule has 4 heterocycles. The Balaban J connectivity index is 1.80. The van der Waals surface area contributed by atoms with E-state index in [1.54, 1.807) is 0 Å². The van der Waals surface area contributed by atoms with Crippen LogP contribution in [0.3, 0.4) is 0 Å². The highest BCUT2D eigenvalue weighted by molar-refractivity contribution is 7.86. The van der Waals surface area contributed by atoms with E-state index in [1.165, 1.54) is 6.92 Å². The lowest BCUT2D eigenvalue weighted by molar-refractivity contribution is -0.218. The Morgan fingerprint density at radius 1 is 1.31 bits per heavy atom. The molecule has 8 nitrogen and oxygen atoms in total. The van der Waals surface area contributed by atoms with E-state index >= 15 is 0 Å². The topological polar surface area (TPSA) is 110 Å². The molecule has 1 amide bonds. The maximum atomic E-state index is 12.3. The lowest BCUT2D eigenvalue weighted by atomic mass is 9.76. The number of fused-ring (bicyclic) bond motifs is 3. The molecule has 4 saturated heterocycles. The van der Waals surface area contributed by atoms with Crippen molar-refractivity contribution in [1.29, 1.82) is 0 Å². The van der Waals surface area contributed by atoms with E-state index in [0.29, 0.717) is 32.2 Å². The average molecular weight is 387 g/mol. The number of carbonyl (C=O) groups excluding carboxylic acids is 2. The number of hydrogen-bond acceptors (Lipinski definition) is 6. The molecule has 26 heavy (non-hydrogen) atoms. The summed E-state index contributed by atoms with van der Waals surface area (Å²) >= 11 is 0. The quantitative estimate of drug-likeness (QED) is 0.555. The van der Waals surface area contributed by atoms with E-state index in [1.807, 2.05) is 11.8 Å². The van der Waals surface area contributed by atoms with Crippen molar-refractivity contribution in [3.8, 4) is 0 Å². The van der Waals surface area contributed by atoms with Crippen LogP contribution in [0.25, 0.3) is 0 Å². The zero-order valence-corrected chi connectivity index (χ0v) is 15.8. The smallest absolute Gasteiger partial charge is 0.312 e. The molecule has 4 aliphatic heterocycles. The largest absolute Gasteiger partial charge is 0.431 e. The van der Waals surface area contributed by atoms with Gasteiger partial charge in [-0.1, -0.05) is 13.8 Å². The summed E-state index contributed by atoms with van der Waals surface area (Å²) in [5, 5.41) is -1.44. The van der Waals surface area contributed by atoms with Crippen LogP contribution in [-0.4, -0.2) is 59.5 Å². The first-order valence-electron chi connectivity index (χ1n) is 9.37. The number of rotatable bonds is 2. The minimum Gasteiger partial charge on any atom is -0.431 e. The molecule has 4 fully saturated rings. The van der Waals surface area contributed by atoms with Gasteiger partial charge in [0.05, 0.1) is 12.0 Å². The van der Waals surface area contributed by atoms with E-state index in [9.17, 15) is 22.6 Å². The van der Waals surface area contributed by atoms with Gasteiger partial charge in [0.2, 0.25) is 11.7 Å². The summed E-state index contributed by atoms with van der Waals surface area (Å²) < 4.78 is 45.9. The zero-order valence-electron chi connectivity index (χ0n) is 15.0. The van der Waals surface area contributed by atoms with Crippen molar-refractivity contribution >= 4 is 22.0 Å². The first-order valence-corrected chi connectivity index (χ1v) is 10.9.